The predicted molar refractivity (Wildman–Crippen MR) is 66.7 cm³/mol. The Bertz CT molecular complexity index is 615. The molecular formula is C11H7BrClFN2O. The molecule has 0 unspecified atom stereocenters. The van der Waals surface area contributed by atoms with Crippen LogP contribution >= 0.6 is 27.5 Å². The maximum atomic E-state index is 12.9. The summed E-state index contributed by atoms with van der Waals surface area (Å²) in [4.78, 5) is 15.3. The van der Waals surface area contributed by atoms with Crippen molar-refractivity contribution in [2.45, 2.75) is 6.54 Å². The van der Waals surface area contributed by atoms with Gasteiger partial charge in [-0.1, -0.05) is 33.6 Å². The number of halogens is 3. The van der Waals surface area contributed by atoms with Gasteiger partial charge in [0, 0.05) is 16.9 Å². The maximum absolute atomic E-state index is 12.9. The lowest BCUT2D eigenvalue weighted by molar-refractivity contribution is 0.624. The summed E-state index contributed by atoms with van der Waals surface area (Å²) >= 11 is 8.87. The zero-order chi connectivity index (χ0) is 12.4. The summed E-state index contributed by atoms with van der Waals surface area (Å²) in [6, 6.07) is 4.30. The summed E-state index contributed by atoms with van der Waals surface area (Å²) in [5.74, 6) is -0.333. The summed E-state index contributed by atoms with van der Waals surface area (Å²) in [5, 5.41) is -0.0780. The van der Waals surface area contributed by atoms with E-state index in [-0.39, 0.29) is 16.5 Å². The molecule has 0 saturated heterocycles. The van der Waals surface area contributed by atoms with Gasteiger partial charge in [0.15, 0.2) is 5.15 Å². The van der Waals surface area contributed by atoms with E-state index in [1.165, 1.54) is 29.1 Å². The molecule has 6 heteroatoms. The molecule has 1 aromatic heterocycles. The van der Waals surface area contributed by atoms with Gasteiger partial charge in [-0.15, -0.1) is 0 Å². The van der Waals surface area contributed by atoms with E-state index in [0.29, 0.717) is 11.0 Å². The quantitative estimate of drug-likeness (QED) is 0.853. The molecule has 3 nitrogen and oxygen atoms in total. The van der Waals surface area contributed by atoms with Crippen molar-refractivity contribution in [3.63, 3.8) is 0 Å². The van der Waals surface area contributed by atoms with Crippen LogP contribution < -0.4 is 5.56 Å². The summed E-state index contributed by atoms with van der Waals surface area (Å²) < 4.78 is 14.9. The van der Waals surface area contributed by atoms with Crippen LogP contribution in [0, 0.1) is 5.82 Å². The van der Waals surface area contributed by atoms with E-state index >= 15 is 0 Å². The van der Waals surface area contributed by atoms with E-state index in [1.807, 2.05) is 0 Å². The van der Waals surface area contributed by atoms with Crippen LogP contribution in [0.3, 0.4) is 0 Å². The average Bonchev–Trinajstić information content (AvgIpc) is 2.28. The van der Waals surface area contributed by atoms with E-state index in [0.717, 1.165) is 5.56 Å². The van der Waals surface area contributed by atoms with Crippen LogP contribution in [0.15, 0.2) is 39.9 Å². The first kappa shape index (κ1) is 12.3. The van der Waals surface area contributed by atoms with Crippen molar-refractivity contribution in [3.8, 4) is 0 Å². The second-order valence-electron chi connectivity index (χ2n) is 3.39. The van der Waals surface area contributed by atoms with Crippen LogP contribution in [-0.4, -0.2) is 9.55 Å². The highest BCUT2D eigenvalue weighted by Gasteiger charge is 2.06. The van der Waals surface area contributed by atoms with Crippen molar-refractivity contribution in [1.29, 1.82) is 0 Å². The Kier molecular flexibility index (Phi) is 3.59. The molecule has 0 bridgehead atoms. The standard InChI is InChI=1S/C11H7BrClFN2O/c12-9-5-8(14)2-1-7(9)6-16-4-3-15-10(13)11(16)17/h1-5H,6H2. The molecule has 1 heterocycles. The minimum atomic E-state index is -0.370. The smallest absolute Gasteiger partial charge is 0.288 e. The largest absolute Gasteiger partial charge is 0.307 e. The molecule has 0 fully saturated rings. The van der Waals surface area contributed by atoms with Gasteiger partial charge in [-0.2, -0.15) is 0 Å². The second kappa shape index (κ2) is 4.98. The molecule has 0 aliphatic rings. The van der Waals surface area contributed by atoms with Gasteiger partial charge in [-0.3, -0.25) is 4.79 Å². The number of hydrogen-bond acceptors (Lipinski definition) is 2. The van der Waals surface area contributed by atoms with Crippen LogP contribution in [0.25, 0.3) is 0 Å². The van der Waals surface area contributed by atoms with Crippen LogP contribution in [0.2, 0.25) is 5.15 Å². The van der Waals surface area contributed by atoms with Gasteiger partial charge < -0.3 is 4.57 Å². The number of aromatic nitrogens is 2. The Balaban J connectivity index is 2.38. The molecule has 0 N–H and O–H groups in total. The average molecular weight is 318 g/mol. The van der Waals surface area contributed by atoms with Crippen molar-refractivity contribution in [2.75, 3.05) is 0 Å². The monoisotopic (exact) mass is 316 g/mol. The molecular weight excluding hydrogens is 310 g/mol. The normalized spacial score (nSPS) is 10.5. The van der Waals surface area contributed by atoms with Crippen LogP contribution in [0.1, 0.15) is 5.56 Å². The number of rotatable bonds is 2. The van der Waals surface area contributed by atoms with Gasteiger partial charge in [0.25, 0.3) is 5.56 Å². The van der Waals surface area contributed by atoms with E-state index in [9.17, 15) is 9.18 Å². The minimum Gasteiger partial charge on any atom is -0.307 e. The van der Waals surface area contributed by atoms with Crippen molar-refractivity contribution in [3.05, 3.63) is 62.0 Å². The summed E-state index contributed by atoms with van der Waals surface area (Å²) in [7, 11) is 0. The third kappa shape index (κ3) is 2.73. The van der Waals surface area contributed by atoms with Gasteiger partial charge in [0.2, 0.25) is 0 Å². The second-order valence-corrected chi connectivity index (χ2v) is 4.60. The molecule has 17 heavy (non-hydrogen) atoms. The zero-order valence-corrected chi connectivity index (χ0v) is 10.9. The Morgan fingerprint density at radius 3 is 2.94 bits per heavy atom. The molecule has 0 saturated carbocycles. The summed E-state index contributed by atoms with van der Waals surface area (Å²) in [6.07, 6.45) is 2.98. The van der Waals surface area contributed by atoms with Gasteiger partial charge >= 0.3 is 0 Å². The highest BCUT2D eigenvalue weighted by molar-refractivity contribution is 9.10. The lowest BCUT2D eigenvalue weighted by Crippen LogP contribution is -2.21. The Labute approximate surface area is 110 Å². The number of hydrogen-bond donors (Lipinski definition) is 0. The Morgan fingerprint density at radius 1 is 1.47 bits per heavy atom. The molecule has 0 aliphatic heterocycles. The van der Waals surface area contributed by atoms with E-state index in [1.54, 1.807) is 6.07 Å². The number of nitrogens with zero attached hydrogens (tertiary/aromatic N) is 2. The maximum Gasteiger partial charge on any atom is 0.288 e. The van der Waals surface area contributed by atoms with Crippen molar-refractivity contribution < 1.29 is 4.39 Å². The molecule has 88 valence electrons. The van der Waals surface area contributed by atoms with E-state index < -0.39 is 0 Å². The predicted octanol–water partition coefficient (Wildman–Crippen LogP) is 2.85. The van der Waals surface area contributed by atoms with Crippen molar-refractivity contribution in [1.82, 2.24) is 9.55 Å². The highest BCUT2D eigenvalue weighted by Crippen LogP contribution is 2.18. The van der Waals surface area contributed by atoms with Gasteiger partial charge in [0.05, 0.1) is 6.54 Å². The lowest BCUT2D eigenvalue weighted by atomic mass is 10.2. The molecule has 2 aromatic rings. The van der Waals surface area contributed by atoms with Crippen molar-refractivity contribution in [2.24, 2.45) is 0 Å². The lowest BCUT2D eigenvalue weighted by Gasteiger charge is -2.07. The van der Waals surface area contributed by atoms with E-state index in [2.05, 4.69) is 20.9 Å². The number of benzene rings is 1. The summed E-state index contributed by atoms with van der Waals surface area (Å²) in [5.41, 5.74) is 0.418. The van der Waals surface area contributed by atoms with Gasteiger partial charge in [-0.05, 0) is 17.7 Å². The third-order valence-electron chi connectivity index (χ3n) is 2.23. The molecule has 2 rings (SSSR count). The Morgan fingerprint density at radius 2 is 2.24 bits per heavy atom. The van der Waals surface area contributed by atoms with E-state index in [4.69, 9.17) is 11.6 Å². The van der Waals surface area contributed by atoms with Crippen LogP contribution in [0.5, 0.6) is 0 Å². The minimum absolute atomic E-state index is 0.0780. The van der Waals surface area contributed by atoms with Gasteiger partial charge in [0.1, 0.15) is 5.82 Å². The molecule has 0 radical (unpaired) electrons. The fraction of sp³-hybridized carbons (Fsp3) is 0.0909. The molecule has 0 amide bonds. The molecule has 1 aromatic carbocycles. The first-order chi connectivity index (χ1) is 8.08. The topological polar surface area (TPSA) is 34.9 Å². The zero-order valence-electron chi connectivity index (χ0n) is 8.53. The van der Waals surface area contributed by atoms with Crippen LogP contribution in [0.4, 0.5) is 4.39 Å². The molecule has 0 spiro atoms. The van der Waals surface area contributed by atoms with Crippen LogP contribution in [-0.2, 0) is 6.54 Å². The third-order valence-corrected chi connectivity index (χ3v) is 3.23. The SMILES string of the molecule is O=c1c(Cl)nccn1Cc1ccc(F)cc1Br. The fourth-order valence-electron chi connectivity index (χ4n) is 1.38. The molecule has 0 aliphatic carbocycles. The van der Waals surface area contributed by atoms with Gasteiger partial charge in [-0.25, -0.2) is 9.37 Å². The first-order valence-corrected chi connectivity index (χ1v) is 5.90. The highest BCUT2D eigenvalue weighted by atomic mass is 79.9. The Hall–Kier alpha value is -1.20. The first-order valence-electron chi connectivity index (χ1n) is 4.73. The fourth-order valence-corrected chi connectivity index (χ4v) is 2.02. The van der Waals surface area contributed by atoms with Crippen molar-refractivity contribution >= 4 is 27.5 Å². The molecule has 0 atom stereocenters. The summed E-state index contributed by atoms with van der Waals surface area (Å²) in [6.45, 7) is 0.307.